The van der Waals surface area contributed by atoms with Gasteiger partial charge in [0, 0.05) is 5.92 Å². The Kier molecular flexibility index (Phi) is 5.37. The van der Waals surface area contributed by atoms with Crippen molar-refractivity contribution in [1.29, 1.82) is 5.26 Å². The average Bonchev–Trinajstić information content (AvgIpc) is 2.05. The van der Waals surface area contributed by atoms with Crippen LogP contribution in [0, 0.1) is 29.1 Å². The second kappa shape index (κ2) is 5.75. The zero-order chi connectivity index (χ0) is 10.4. The maximum absolute atomic E-state index is 11.7. The van der Waals surface area contributed by atoms with Gasteiger partial charge in [0.05, 0.1) is 6.07 Å². The monoisotopic (exact) mass is 181 g/mol. The summed E-state index contributed by atoms with van der Waals surface area (Å²) in [4.78, 5) is 11.7. The second-order valence-electron chi connectivity index (χ2n) is 3.94. The SMILES string of the molecule is CCCC(C)C(=O)C(C#N)C(C)C. The first-order valence-corrected chi connectivity index (χ1v) is 4.97. The zero-order valence-corrected chi connectivity index (χ0v) is 9.00. The first-order chi connectivity index (χ1) is 6.04. The highest BCUT2D eigenvalue weighted by molar-refractivity contribution is 5.85. The maximum atomic E-state index is 11.7. The first kappa shape index (κ1) is 12.2. The van der Waals surface area contributed by atoms with E-state index in [0.29, 0.717) is 0 Å². The van der Waals surface area contributed by atoms with Crippen LogP contribution in [0.1, 0.15) is 40.5 Å². The molecule has 0 spiro atoms. The molecule has 0 saturated heterocycles. The van der Waals surface area contributed by atoms with Gasteiger partial charge in [-0.3, -0.25) is 4.79 Å². The molecule has 0 amide bonds. The fourth-order valence-corrected chi connectivity index (χ4v) is 1.42. The highest BCUT2D eigenvalue weighted by Crippen LogP contribution is 2.18. The van der Waals surface area contributed by atoms with Gasteiger partial charge in [-0.2, -0.15) is 5.26 Å². The lowest BCUT2D eigenvalue weighted by molar-refractivity contribution is -0.125. The lowest BCUT2D eigenvalue weighted by atomic mass is 9.85. The van der Waals surface area contributed by atoms with Gasteiger partial charge in [-0.25, -0.2) is 0 Å². The summed E-state index contributed by atoms with van der Waals surface area (Å²) in [5.41, 5.74) is 0. The molecule has 0 aliphatic heterocycles. The summed E-state index contributed by atoms with van der Waals surface area (Å²) in [6.07, 6.45) is 1.90. The second-order valence-corrected chi connectivity index (χ2v) is 3.94. The summed E-state index contributed by atoms with van der Waals surface area (Å²) < 4.78 is 0. The Bertz CT molecular complexity index is 203. The Balaban J connectivity index is 4.30. The van der Waals surface area contributed by atoms with E-state index in [2.05, 4.69) is 13.0 Å². The number of nitrogens with zero attached hydrogens (tertiary/aromatic N) is 1. The van der Waals surface area contributed by atoms with Crippen LogP contribution in [0.2, 0.25) is 0 Å². The van der Waals surface area contributed by atoms with Crippen molar-refractivity contribution in [1.82, 2.24) is 0 Å². The predicted molar refractivity (Wildman–Crippen MR) is 53.0 cm³/mol. The van der Waals surface area contributed by atoms with Gasteiger partial charge in [-0.15, -0.1) is 0 Å². The summed E-state index contributed by atoms with van der Waals surface area (Å²) in [6, 6.07) is 2.09. The van der Waals surface area contributed by atoms with Crippen molar-refractivity contribution in [2.24, 2.45) is 17.8 Å². The minimum Gasteiger partial charge on any atom is -0.298 e. The van der Waals surface area contributed by atoms with Crippen LogP contribution in [0.25, 0.3) is 0 Å². The molecule has 0 aliphatic carbocycles. The van der Waals surface area contributed by atoms with E-state index < -0.39 is 5.92 Å². The summed E-state index contributed by atoms with van der Waals surface area (Å²) in [5.74, 6) is -0.130. The fraction of sp³-hybridized carbons (Fsp3) is 0.818. The molecule has 2 nitrogen and oxygen atoms in total. The molecular weight excluding hydrogens is 162 g/mol. The maximum Gasteiger partial charge on any atom is 0.153 e. The topological polar surface area (TPSA) is 40.9 Å². The van der Waals surface area contributed by atoms with Crippen molar-refractivity contribution in [3.8, 4) is 6.07 Å². The van der Waals surface area contributed by atoms with E-state index in [1.165, 1.54) is 0 Å². The lowest BCUT2D eigenvalue weighted by Gasteiger charge is -2.16. The van der Waals surface area contributed by atoms with Crippen molar-refractivity contribution >= 4 is 5.78 Å². The third-order valence-electron chi connectivity index (χ3n) is 2.32. The number of carbonyl (C=O) groups is 1. The highest BCUT2D eigenvalue weighted by Gasteiger charge is 2.25. The molecule has 0 aromatic rings. The van der Waals surface area contributed by atoms with Crippen LogP contribution in [0.3, 0.4) is 0 Å². The lowest BCUT2D eigenvalue weighted by Crippen LogP contribution is -2.24. The normalized spacial score (nSPS) is 15.1. The molecule has 2 atom stereocenters. The molecule has 0 N–H and O–H groups in total. The molecule has 0 fully saturated rings. The van der Waals surface area contributed by atoms with Gasteiger partial charge in [0.25, 0.3) is 0 Å². The Hall–Kier alpha value is -0.840. The van der Waals surface area contributed by atoms with Crippen LogP contribution >= 0.6 is 0 Å². The van der Waals surface area contributed by atoms with Crippen LogP contribution in [0.4, 0.5) is 0 Å². The molecule has 0 radical (unpaired) electrons. The molecule has 2 unspecified atom stereocenters. The fourth-order valence-electron chi connectivity index (χ4n) is 1.42. The molecule has 0 bridgehead atoms. The molecule has 0 aliphatic rings. The average molecular weight is 181 g/mol. The van der Waals surface area contributed by atoms with Gasteiger partial charge in [0.15, 0.2) is 5.78 Å². The molecule has 0 aromatic heterocycles. The first-order valence-electron chi connectivity index (χ1n) is 4.97. The molecule has 0 aromatic carbocycles. The van der Waals surface area contributed by atoms with Gasteiger partial charge < -0.3 is 0 Å². The Morgan fingerprint density at radius 2 is 1.92 bits per heavy atom. The van der Waals surface area contributed by atoms with Crippen molar-refractivity contribution in [3.05, 3.63) is 0 Å². The van der Waals surface area contributed by atoms with Crippen LogP contribution < -0.4 is 0 Å². The third-order valence-corrected chi connectivity index (χ3v) is 2.32. The van der Waals surface area contributed by atoms with Gasteiger partial charge in [0.1, 0.15) is 5.92 Å². The highest BCUT2D eigenvalue weighted by atomic mass is 16.1. The van der Waals surface area contributed by atoms with Crippen LogP contribution in [0.5, 0.6) is 0 Å². The summed E-state index contributed by atoms with van der Waals surface area (Å²) in [5, 5.41) is 8.81. The largest absolute Gasteiger partial charge is 0.298 e. The van der Waals surface area contributed by atoms with Gasteiger partial charge >= 0.3 is 0 Å². The number of rotatable bonds is 5. The van der Waals surface area contributed by atoms with Crippen molar-refractivity contribution in [2.75, 3.05) is 0 Å². The molecular formula is C11H19NO. The van der Waals surface area contributed by atoms with E-state index in [1.807, 2.05) is 20.8 Å². The van der Waals surface area contributed by atoms with Crippen molar-refractivity contribution < 1.29 is 4.79 Å². The smallest absolute Gasteiger partial charge is 0.153 e. The van der Waals surface area contributed by atoms with E-state index in [9.17, 15) is 4.79 Å². The van der Waals surface area contributed by atoms with E-state index in [-0.39, 0.29) is 17.6 Å². The van der Waals surface area contributed by atoms with E-state index in [0.717, 1.165) is 12.8 Å². The number of nitriles is 1. The van der Waals surface area contributed by atoms with Crippen LogP contribution in [0.15, 0.2) is 0 Å². The Labute approximate surface area is 80.9 Å². The summed E-state index contributed by atoms with van der Waals surface area (Å²) >= 11 is 0. The van der Waals surface area contributed by atoms with Crippen molar-refractivity contribution in [2.45, 2.75) is 40.5 Å². The number of ketones is 1. The minimum absolute atomic E-state index is 0.0389. The molecule has 2 heteroatoms. The molecule has 13 heavy (non-hydrogen) atoms. The molecule has 0 heterocycles. The van der Waals surface area contributed by atoms with Gasteiger partial charge in [-0.05, 0) is 12.3 Å². The zero-order valence-electron chi connectivity index (χ0n) is 9.00. The van der Waals surface area contributed by atoms with Gasteiger partial charge in [0.2, 0.25) is 0 Å². The number of carbonyl (C=O) groups excluding carboxylic acids is 1. The molecule has 74 valence electrons. The molecule has 0 rings (SSSR count). The van der Waals surface area contributed by atoms with Crippen LogP contribution in [-0.4, -0.2) is 5.78 Å². The van der Waals surface area contributed by atoms with E-state index in [1.54, 1.807) is 0 Å². The molecule has 0 saturated carbocycles. The summed E-state index contributed by atoms with van der Waals surface area (Å²) in [6.45, 7) is 7.81. The number of hydrogen-bond donors (Lipinski definition) is 0. The minimum atomic E-state index is -0.415. The predicted octanol–water partition coefficient (Wildman–Crippen LogP) is 2.79. The Morgan fingerprint density at radius 3 is 2.23 bits per heavy atom. The Morgan fingerprint density at radius 1 is 1.38 bits per heavy atom. The number of hydrogen-bond acceptors (Lipinski definition) is 2. The van der Waals surface area contributed by atoms with Gasteiger partial charge in [-0.1, -0.05) is 34.1 Å². The summed E-state index contributed by atoms with van der Waals surface area (Å²) in [7, 11) is 0. The third kappa shape index (κ3) is 3.59. The van der Waals surface area contributed by atoms with E-state index in [4.69, 9.17) is 5.26 Å². The van der Waals surface area contributed by atoms with E-state index >= 15 is 0 Å². The standard InChI is InChI=1S/C11H19NO/c1-5-6-9(4)11(13)10(7-12)8(2)3/h8-10H,5-6H2,1-4H3. The van der Waals surface area contributed by atoms with Crippen LogP contribution in [-0.2, 0) is 4.79 Å². The number of Topliss-reactive ketones (excluding diaryl/α,β-unsaturated/α-hetero) is 1. The quantitative estimate of drug-likeness (QED) is 0.654. The van der Waals surface area contributed by atoms with Crippen molar-refractivity contribution in [3.63, 3.8) is 0 Å².